The molecule has 0 aliphatic carbocycles. The van der Waals surface area contributed by atoms with E-state index in [9.17, 15) is 4.79 Å². The van der Waals surface area contributed by atoms with E-state index in [1.165, 1.54) is 6.07 Å². The molecule has 0 saturated carbocycles. The molecule has 0 amide bonds. The van der Waals surface area contributed by atoms with Gasteiger partial charge in [-0.05, 0) is 32.9 Å². The van der Waals surface area contributed by atoms with E-state index in [0.717, 1.165) is 5.69 Å². The van der Waals surface area contributed by atoms with Crippen LogP contribution in [0.2, 0.25) is 0 Å². The predicted molar refractivity (Wildman–Crippen MR) is 47.5 cm³/mol. The summed E-state index contributed by atoms with van der Waals surface area (Å²) < 4.78 is 1.56. The van der Waals surface area contributed by atoms with Crippen LogP contribution in [0.15, 0.2) is 16.9 Å². The standard InChI is InChI=1S/C9H13NO2/c1-6(2)10-7(3)4-5-8(11)9(10)12/h4-6,11H,1-3H3. The van der Waals surface area contributed by atoms with Gasteiger partial charge in [-0.15, -0.1) is 0 Å². The van der Waals surface area contributed by atoms with Crippen LogP contribution < -0.4 is 5.56 Å². The summed E-state index contributed by atoms with van der Waals surface area (Å²) in [7, 11) is 0. The Bertz CT molecular complexity index is 339. The normalized spacial score (nSPS) is 10.7. The van der Waals surface area contributed by atoms with Gasteiger partial charge in [-0.2, -0.15) is 0 Å². The van der Waals surface area contributed by atoms with Crippen molar-refractivity contribution in [2.45, 2.75) is 26.8 Å². The summed E-state index contributed by atoms with van der Waals surface area (Å²) in [6.45, 7) is 5.67. The lowest BCUT2D eigenvalue weighted by molar-refractivity contribution is 0.446. The maximum atomic E-state index is 11.3. The first kappa shape index (κ1) is 8.84. The van der Waals surface area contributed by atoms with E-state index in [-0.39, 0.29) is 17.4 Å². The molecule has 0 spiro atoms. The van der Waals surface area contributed by atoms with Gasteiger partial charge in [0.1, 0.15) is 0 Å². The van der Waals surface area contributed by atoms with E-state index in [1.54, 1.807) is 10.6 Å². The Balaban J connectivity index is 3.44. The number of pyridine rings is 1. The minimum Gasteiger partial charge on any atom is -0.503 e. The molecule has 0 bridgehead atoms. The van der Waals surface area contributed by atoms with Crippen LogP contribution in [0.1, 0.15) is 25.6 Å². The molecule has 0 atom stereocenters. The van der Waals surface area contributed by atoms with E-state index in [0.29, 0.717) is 0 Å². The van der Waals surface area contributed by atoms with Crippen molar-refractivity contribution in [2.75, 3.05) is 0 Å². The topological polar surface area (TPSA) is 42.2 Å². The van der Waals surface area contributed by atoms with Crippen LogP contribution in [0.4, 0.5) is 0 Å². The second-order valence-corrected chi connectivity index (χ2v) is 3.13. The van der Waals surface area contributed by atoms with Crippen molar-refractivity contribution < 1.29 is 5.11 Å². The van der Waals surface area contributed by atoms with E-state index in [4.69, 9.17) is 5.11 Å². The lowest BCUT2D eigenvalue weighted by Crippen LogP contribution is -2.23. The molecule has 0 unspecified atom stereocenters. The Kier molecular flexibility index (Phi) is 2.22. The Morgan fingerprint density at radius 1 is 1.42 bits per heavy atom. The van der Waals surface area contributed by atoms with Gasteiger partial charge in [0.15, 0.2) is 5.75 Å². The van der Waals surface area contributed by atoms with E-state index >= 15 is 0 Å². The minimum absolute atomic E-state index is 0.0876. The van der Waals surface area contributed by atoms with Crippen molar-refractivity contribution in [2.24, 2.45) is 0 Å². The Morgan fingerprint density at radius 3 is 2.42 bits per heavy atom. The van der Waals surface area contributed by atoms with E-state index in [2.05, 4.69) is 0 Å². The van der Waals surface area contributed by atoms with Crippen LogP contribution in [-0.4, -0.2) is 9.67 Å². The first-order valence-corrected chi connectivity index (χ1v) is 3.95. The molecule has 66 valence electrons. The van der Waals surface area contributed by atoms with Gasteiger partial charge in [-0.3, -0.25) is 4.79 Å². The number of hydrogen-bond acceptors (Lipinski definition) is 2. The molecule has 3 nitrogen and oxygen atoms in total. The molecule has 0 aromatic carbocycles. The highest BCUT2D eigenvalue weighted by atomic mass is 16.3. The summed E-state index contributed by atoms with van der Waals surface area (Å²) in [5.41, 5.74) is 0.554. The fourth-order valence-corrected chi connectivity index (χ4v) is 1.28. The third kappa shape index (κ3) is 1.35. The summed E-state index contributed by atoms with van der Waals surface area (Å²) in [4.78, 5) is 11.3. The van der Waals surface area contributed by atoms with Crippen LogP contribution in [0, 0.1) is 6.92 Å². The van der Waals surface area contributed by atoms with Crippen LogP contribution in [0.3, 0.4) is 0 Å². The van der Waals surface area contributed by atoms with Crippen LogP contribution in [0.25, 0.3) is 0 Å². The van der Waals surface area contributed by atoms with Crippen LogP contribution in [0.5, 0.6) is 5.75 Å². The van der Waals surface area contributed by atoms with Gasteiger partial charge in [0, 0.05) is 11.7 Å². The maximum Gasteiger partial charge on any atom is 0.293 e. The Morgan fingerprint density at radius 2 is 2.00 bits per heavy atom. The summed E-state index contributed by atoms with van der Waals surface area (Å²) >= 11 is 0. The Labute approximate surface area is 71.3 Å². The fourth-order valence-electron chi connectivity index (χ4n) is 1.28. The molecule has 1 heterocycles. The van der Waals surface area contributed by atoms with Crippen molar-refractivity contribution in [1.29, 1.82) is 0 Å². The molecule has 3 heteroatoms. The number of hydrogen-bond donors (Lipinski definition) is 1. The molecule has 1 aromatic rings. The van der Waals surface area contributed by atoms with Crippen LogP contribution in [-0.2, 0) is 0 Å². The minimum atomic E-state index is -0.315. The number of nitrogens with zero attached hydrogens (tertiary/aromatic N) is 1. The van der Waals surface area contributed by atoms with Crippen LogP contribution >= 0.6 is 0 Å². The highest BCUT2D eigenvalue weighted by molar-refractivity contribution is 5.19. The molecule has 1 N–H and O–H groups in total. The zero-order valence-corrected chi connectivity index (χ0v) is 7.53. The summed E-state index contributed by atoms with van der Waals surface area (Å²) in [6, 6.07) is 3.25. The van der Waals surface area contributed by atoms with Gasteiger partial charge in [0.05, 0.1) is 0 Å². The van der Waals surface area contributed by atoms with Crippen molar-refractivity contribution in [3.8, 4) is 5.75 Å². The SMILES string of the molecule is Cc1ccc(O)c(=O)n1C(C)C. The molecule has 0 fully saturated rings. The quantitative estimate of drug-likeness (QED) is 0.687. The van der Waals surface area contributed by atoms with Gasteiger partial charge in [0.25, 0.3) is 5.56 Å². The molecule has 0 aliphatic heterocycles. The predicted octanol–water partition coefficient (Wildman–Crippen LogP) is 1.44. The lowest BCUT2D eigenvalue weighted by atomic mass is 10.3. The first-order valence-electron chi connectivity index (χ1n) is 3.95. The zero-order chi connectivity index (χ0) is 9.30. The molecule has 1 aromatic heterocycles. The average molecular weight is 167 g/mol. The fraction of sp³-hybridized carbons (Fsp3) is 0.444. The summed E-state index contributed by atoms with van der Waals surface area (Å²) in [5.74, 6) is -0.186. The van der Waals surface area contributed by atoms with Gasteiger partial charge < -0.3 is 9.67 Å². The van der Waals surface area contributed by atoms with Crippen molar-refractivity contribution >= 4 is 0 Å². The highest BCUT2D eigenvalue weighted by Gasteiger charge is 2.06. The largest absolute Gasteiger partial charge is 0.503 e. The monoisotopic (exact) mass is 167 g/mol. The van der Waals surface area contributed by atoms with E-state index in [1.807, 2.05) is 20.8 Å². The number of aryl methyl sites for hydroxylation is 1. The van der Waals surface area contributed by atoms with Gasteiger partial charge in [0.2, 0.25) is 0 Å². The number of aromatic nitrogens is 1. The molecule has 12 heavy (non-hydrogen) atoms. The van der Waals surface area contributed by atoms with Gasteiger partial charge >= 0.3 is 0 Å². The number of rotatable bonds is 1. The third-order valence-electron chi connectivity index (χ3n) is 1.82. The van der Waals surface area contributed by atoms with Gasteiger partial charge in [-0.1, -0.05) is 0 Å². The van der Waals surface area contributed by atoms with Crippen molar-refractivity contribution in [1.82, 2.24) is 4.57 Å². The second-order valence-electron chi connectivity index (χ2n) is 3.13. The zero-order valence-electron chi connectivity index (χ0n) is 7.53. The molecular formula is C9H13NO2. The summed E-state index contributed by atoms with van der Waals surface area (Å²) in [5, 5.41) is 9.14. The Hall–Kier alpha value is -1.25. The molecule has 0 radical (unpaired) electrons. The molecule has 0 saturated heterocycles. The molecule has 1 rings (SSSR count). The summed E-state index contributed by atoms with van der Waals surface area (Å²) in [6.07, 6.45) is 0. The van der Waals surface area contributed by atoms with Crippen molar-refractivity contribution in [3.05, 3.63) is 28.2 Å². The smallest absolute Gasteiger partial charge is 0.293 e. The molecular weight excluding hydrogens is 154 g/mol. The molecule has 0 aliphatic rings. The van der Waals surface area contributed by atoms with E-state index < -0.39 is 0 Å². The highest BCUT2D eigenvalue weighted by Crippen LogP contribution is 2.08. The second kappa shape index (κ2) is 3.01. The lowest BCUT2D eigenvalue weighted by Gasteiger charge is -2.13. The van der Waals surface area contributed by atoms with Crippen molar-refractivity contribution in [3.63, 3.8) is 0 Å². The first-order chi connectivity index (χ1) is 5.54. The maximum absolute atomic E-state index is 11.3. The third-order valence-corrected chi connectivity index (χ3v) is 1.82. The van der Waals surface area contributed by atoms with Gasteiger partial charge in [-0.25, -0.2) is 0 Å². The average Bonchev–Trinajstić information content (AvgIpc) is 1.97. The number of aromatic hydroxyl groups is 1.